The molecule has 3 atom stereocenters. The SMILES string of the molecule is CCC(C)CC1(C2=CC=CCC=C2)CC1C. The van der Waals surface area contributed by atoms with Crippen LogP contribution < -0.4 is 0 Å². The molecule has 88 valence electrons. The van der Waals surface area contributed by atoms with Gasteiger partial charge in [0.15, 0.2) is 0 Å². The first kappa shape index (κ1) is 11.7. The molecule has 2 aliphatic carbocycles. The Hall–Kier alpha value is -0.780. The Bertz CT molecular complexity index is 332. The van der Waals surface area contributed by atoms with Crippen LogP contribution in [0.3, 0.4) is 0 Å². The highest BCUT2D eigenvalue weighted by Gasteiger charge is 2.52. The molecule has 0 aliphatic heterocycles. The molecule has 0 aromatic carbocycles. The second-order valence-electron chi connectivity index (χ2n) is 5.67. The Labute approximate surface area is 100 Å². The number of allylic oxidation sites excluding steroid dienone is 6. The van der Waals surface area contributed by atoms with Crippen molar-refractivity contribution in [3.63, 3.8) is 0 Å². The fraction of sp³-hybridized carbons (Fsp3) is 0.625. The fourth-order valence-corrected chi connectivity index (χ4v) is 2.97. The summed E-state index contributed by atoms with van der Waals surface area (Å²) in [6, 6.07) is 0. The maximum absolute atomic E-state index is 2.41. The summed E-state index contributed by atoms with van der Waals surface area (Å²) in [5, 5.41) is 0. The van der Waals surface area contributed by atoms with Gasteiger partial charge in [0.1, 0.15) is 0 Å². The van der Waals surface area contributed by atoms with Crippen molar-refractivity contribution in [2.45, 2.75) is 46.5 Å². The summed E-state index contributed by atoms with van der Waals surface area (Å²) in [6.07, 6.45) is 16.7. The van der Waals surface area contributed by atoms with Gasteiger partial charge in [-0.3, -0.25) is 0 Å². The zero-order valence-corrected chi connectivity index (χ0v) is 10.9. The van der Waals surface area contributed by atoms with Gasteiger partial charge in [-0.2, -0.15) is 0 Å². The molecular weight excluding hydrogens is 192 g/mol. The van der Waals surface area contributed by atoms with Gasteiger partial charge in [0, 0.05) is 0 Å². The lowest BCUT2D eigenvalue weighted by atomic mass is 9.83. The summed E-state index contributed by atoms with van der Waals surface area (Å²) < 4.78 is 0. The van der Waals surface area contributed by atoms with Crippen molar-refractivity contribution in [3.05, 3.63) is 36.0 Å². The molecule has 0 heterocycles. The minimum Gasteiger partial charge on any atom is -0.0807 e. The topological polar surface area (TPSA) is 0 Å². The van der Waals surface area contributed by atoms with Crippen LogP contribution in [0.4, 0.5) is 0 Å². The Morgan fingerprint density at radius 2 is 2.19 bits per heavy atom. The molecule has 1 fully saturated rings. The molecule has 0 amide bonds. The Morgan fingerprint density at radius 1 is 1.44 bits per heavy atom. The smallest absolute Gasteiger partial charge is 0.00158 e. The highest BCUT2D eigenvalue weighted by molar-refractivity contribution is 5.38. The average Bonchev–Trinajstić information content (AvgIpc) is 2.98. The van der Waals surface area contributed by atoms with Gasteiger partial charge < -0.3 is 0 Å². The van der Waals surface area contributed by atoms with E-state index in [0.717, 1.165) is 18.3 Å². The lowest BCUT2D eigenvalue weighted by Crippen LogP contribution is -2.11. The van der Waals surface area contributed by atoms with Crippen molar-refractivity contribution in [2.24, 2.45) is 17.3 Å². The van der Waals surface area contributed by atoms with Crippen LogP contribution in [0.25, 0.3) is 0 Å². The number of hydrogen-bond acceptors (Lipinski definition) is 0. The van der Waals surface area contributed by atoms with Gasteiger partial charge >= 0.3 is 0 Å². The Morgan fingerprint density at radius 3 is 2.81 bits per heavy atom. The molecule has 2 aliphatic rings. The lowest BCUT2D eigenvalue weighted by molar-refractivity contribution is 0.391. The van der Waals surface area contributed by atoms with Crippen LogP contribution in [0, 0.1) is 17.3 Å². The van der Waals surface area contributed by atoms with Crippen LogP contribution >= 0.6 is 0 Å². The third-order valence-corrected chi connectivity index (χ3v) is 4.42. The number of rotatable bonds is 4. The first-order valence-electron chi connectivity index (χ1n) is 6.73. The molecule has 2 rings (SSSR count). The van der Waals surface area contributed by atoms with Crippen LogP contribution in [0.5, 0.6) is 0 Å². The second kappa shape index (κ2) is 4.61. The van der Waals surface area contributed by atoms with Gasteiger partial charge in [0.05, 0.1) is 0 Å². The minimum absolute atomic E-state index is 0.514. The molecule has 0 nitrogen and oxygen atoms in total. The molecule has 1 saturated carbocycles. The van der Waals surface area contributed by atoms with E-state index in [1.54, 1.807) is 5.57 Å². The molecule has 0 radical (unpaired) electrons. The average molecular weight is 216 g/mol. The van der Waals surface area contributed by atoms with Crippen molar-refractivity contribution in [1.29, 1.82) is 0 Å². The monoisotopic (exact) mass is 216 g/mol. The van der Waals surface area contributed by atoms with E-state index in [4.69, 9.17) is 0 Å². The van der Waals surface area contributed by atoms with E-state index >= 15 is 0 Å². The van der Waals surface area contributed by atoms with Crippen LogP contribution in [0.2, 0.25) is 0 Å². The van der Waals surface area contributed by atoms with E-state index in [-0.39, 0.29) is 0 Å². The summed E-state index contributed by atoms with van der Waals surface area (Å²) in [7, 11) is 0. The van der Waals surface area contributed by atoms with Crippen molar-refractivity contribution < 1.29 is 0 Å². The van der Waals surface area contributed by atoms with Crippen molar-refractivity contribution in [2.75, 3.05) is 0 Å². The molecule has 0 N–H and O–H groups in total. The van der Waals surface area contributed by atoms with E-state index in [1.807, 2.05) is 0 Å². The summed E-state index contributed by atoms with van der Waals surface area (Å²) in [6.45, 7) is 7.11. The molecule has 0 saturated heterocycles. The van der Waals surface area contributed by atoms with Crippen molar-refractivity contribution in [1.82, 2.24) is 0 Å². The van der Waals surface area contributed by atoms with Gasteiger partial charge in [-0.05, 0) is 42.1 Å². The van der Waals surface area contributed by atoms with Crippen molar-refractivity contribution >= 4 is 0 Å². The summed E-state index contributed by atoms with van der Waals surface area (Å²) in [4.78, 5) is 0. The Balaban J connectivity index is 2.16. The molecule has 0 bridgehead atoms. The summed E-state index contributed by atoms with van der Waals surface area (Å²) in [5.41, 5.74) is 2.09. The van der Waals surface area contributed by atoms with Crippen LogP contribution in [-0.2, 0) is 0 Å². The quantitative estimate of drug-likeness (QED) is 0.627. The van der Waals surface area contributed by atoms with E-state index in [1.165, 1.54) is 19.3 Å². The highest BCUT2D eigenvalue weighted by Crippen LogP contribution is 2.62. The van der Waals surface area contributed by atoms with Gasteiger partial charge in [-0.1, -0.05) is 57.6 Å². The van der Waals surface area contributed by atoms with Crippen LogP contribution in [0.1, 0.15) is 46.5 Å². The fourth-order valence-electron chi connectivity index (χ4n) is 2.97. The van der Waals surface area contributed by atoms with Crippen molar-refractivity contribution in [3.8, 4) is 0 Å². The number of hydrogen-bond donors (Lipinski definition) is 0. The van der Waals surface area contributed by atoms with Gasteiger partial charge in [0.2, 0.25) is 0 Å². The van der Waals surface area contributed by atoms with Gasteiger partial charge in [-0.25, -0.2) is 0 Å². The van der Waals surface area contributed by atoms with E-state index < -0.39 is 0 Å². The standard InChI is InChI=1S/C16H24/c1-4-13(2)11-16(12-14(16)3)15-9-7-5-6-8-10-15/h5,7-10,13-14H,4,6,11-12H2,1-3H3. The summed E-state index contributed by atoms with van der Waals surface area (Å²) in [5.74, 6) is 1.73. The zero-order chi connectivity index (χ0) is 11.6. The predicted molar refractivity (Wildman–Crippen MR) is 71.3 cm³/mol. The second-order valence-corrected chi connectivity index (χ2v) is 5.67. The maximum Gasteiger partial charge on any atom is -0.00158 e. The van der Waals surface area contributed by atoms with E-state index in [2.05, 4.69) is 51.2 Å². The normalized spacial score (nSPS) is 34.4. The van der Waals surface area contributed by atoms with E-state index in [9.17, 15) is 0 Å². The summed E-state index contributed by atoms with van der Waals surface area (Å²) >= 11 is 0. The Kier molecular flexibility index (Phi) is 3.37. The molecule has 0 heteroatoms. The third kappa shape index (κ3) is 2.16. The first-order chi connectivity index (χ1) is 7.69. The molecular formula is C16H24. The molecule has 16 heavy (non-hydrogen) atoms. The van der Waals surface area contributed by atoms with E-state index in [0.29, 0.717) is 5.41 Å². The first-order valence-corrected chi connectivity index (χ1v) is 6.73. The molecule has 3 unspecified atom stereocenters. The van der Waals surface area contributed by atoms with Gasteiger partial charge in [0.25, 0.3) is 0 Å². The third-order valence-electron chi connectivity index (χ3n) is 4.42. The maximum atomic E-state index is 2.41. The highest BCUT2D eigenvalue weighted by atomic mass is 14.6. The largest absolute Gasteiger partial charge is 0.0807 e. The molecule has 0 aromatic heterocycles. The predicted octanol–water partition coefficient (Wildman–Crippen LogP) is 4.89. The molecule has 0 aromatic rings. The zero-order valence-electron chi connectivity index (χ0n) is 10.9. The van der Waals surface area contributed by atoms with Gasteiger partial charge in [-0.15, -0.1) is 0 Å². The van der Waals surface area contributed by atoms with Crippen LogP contribution in [-0.4, -0.2) is 0 Å². The lowest BCUT2D eigenvalue weighted by Gasteiger charge is -2.22. The van der Waals surface area contributed by atoms with Crippen LogP contribution in [0.15, 0.2) is 36.0 Å². The molecule has 0 spiro atoms. The minimum atomic E-state index is 0.514.